The highest BCUT2D eigenvalue weighted by Gasteiger charge is 2.13. The summed E-state index contributed by atoms with van der Waals surface area (Å²) in [5.41, 5.74) is 1.05. The highest BCUT2D eigenvalue weighted by atomic mass is 16.5. The number of methoxy groups -OCH3 is 1. The van der Waals surface area contributed by atoms with Gasteiger partial charge in [-0.1, -0.05) is 12.1 Å². The largest absolute Gasteiger partial charge is 0.497 e. The molecular formula is C16H16O5. The van der Waals surface area contributed by atoms with Crippen LogP contribution in [0.15, 0.2) is 42.5 Å². The summed E-state index contributed by atoms with van der Waals surface area (Å²) >= 11 is 0. The average molecular weight is 288 g/mol. The molecule has 0 saturated heterocycles. The molecule has 0 atom stereocenters. The zero-order valence-corrected chi connectivity index (χ0v) is 11.6. The van der Waals surface area contributed by atoms with Crippen LogP contribution in [-0.4, -0.2) is 29.9 Å². The maximum atomic E-state index is 11.2. The maximum Gasteiger partial charge on any atom is 0.339 e. The van der Waals surface area contributed by atoms with Crippen molar-refractivity contribution >= 4 is 5.97 Å². The molecule has 0 heterocycles. The van der Waals surface area contributed by atoms with E-state index >= 15 is 0 Å². The summed E-state index contributed by atoms with van der Waals surface area (Å²) in [5.74, 6) is 0.195. The number of ether oxygens (including phenoxy) is 2. The van der Waals surface area contributed by atoms with Gasteiger partial charge in [0, 0.05) is 12.7 Å². The molecule has 2 N–H and O–H groups in total. The molecule has 0 spiro atoms. The fraction of sp³-hybridized carbons (Fsp3) is 0.188. The average Bonchev–Trinajstić information content (AvgIpc) is 2.49. The van der Waals surface area contributed by atoms with Crippen molar-refractivity contribution in [3.8, 4) is 17.2 Å². The van der Waals surface area contributed by atoms with Crippen molar-refractivity contribution in [1.82, 2.24) is 0 Å². The van der Waals surface area contributed by atoms with E-state index in [0.717, 1.165) is 5.56 Å². The maximum absolute atomic E-state index is 11.2. The second-order valence-electron chi connectivity index (χ2n) is 4.39. The van der Waals surface area contributed by atoms with Crippen molar-refractivity contribution in [1.29, 1.82) is 0 Å². The van der Waals surface area contributed by atoms with Crippen molar-refractivity contribution < 1.29 is 24.5 Å². The van der Waals surface area contributed by atoms with Gasteiger partial charge in [-0.15, -0.1) is 0 Å². The van der Waals surface area contributed by atoms with Gasteiger partial charge in [-0.05, 0) is 36.2 Å². The minimum absolute atomic E-state index is 0.0650. The molecular weight excluding hydrogens is 272 g/mol. The first-order valence-electron chi connectivity index (χ1n) is 6.43. The van der Waals surface area contributed by atoms with Gasteiger partial charge in [-0.3, -0.25) is 0 Å². The summed E-state index contributed by atoms with van der Waals surface area (Å²) in [7, 11) is 1.50. The predicted molar refractivity (Wildman–Crippen MR) is 77.3 cm³/mol. The lowest BCUT2D eigenvalue weighted by molar-refractivity contribution is 0.0694. The van der Waals surface area contributed by atoms with Crippen LogP contribution in [0.5, 0.6) is 17.2 Å². The minimum atomic E-state index is -1.07. The van der Waals surface area contributed by atoms with Crippen LogP contribution < -0.4 is 9.47 Å². The van der Waals surface area contributed by atoms with E-state index in [4.69, 9.17) is 14.6 Å². The highest BCUT2D eigenvalue weighted by molar-refractivity contribution is 5.91. The predicted octanol–water partition coefficient (Wildman–Crippen LogP) is 2.72. The van der Waals surface area contributed by atoms with Crippen LogP contribution in [0.25, 0.3) is 0 Å². The number of carbonyl (C=O) groups is 1. The number of carboxylic acid groups (broad SMARTS) is 1. The Morgan fingerprint density at radius 1 is 1.10 bits per heavy atom. The molecule has 0 radical (unpaired) electrons. The Hall–Kier alpha value is -2.53. The first-order valence-corrected chi connectivity index (χ1v) is 6.43. The summed E-state index contributed by atoms with van der Waals surface area (Å²) < 4.78 is 10.7. The van der Waals surface area contributed by atoms with Crippen LogP contribution in [0.4, 0.5) is 0 Å². The lowest BCUT2D eigenvalue weighted by Crippen LogP contribution is -2.00. The molecule has 21 heavy (non-hydrogen) atoms. The fourth-order valence-corrected chi connectivity index (χ4v) is 1.87. The number of hydrogen-bond donors (Lipinski definition) is 2. The van der Waals surface area contributed by atoms with E-state index in [0.29, 0.717) is 17.9 Å². The Morgan fingerprint density at radius 2 is 1.76 bits per heavy atom. The molecule has 0 saturated carbocycles. The smallest absolute Gasteiger partial charge is 0.339 e. The molecule has 2 rings (SSSR count). The number of aliphatic hydroxyl groups is 1. The van der Waals surface area contributed by atoms with Gasteiger partial charge in [-0.25, -0.2) is 4.79 Å². The Labute approximate surface area is 122 Å². The molecule has 0 fully saturated rings. The molecule has 0 amide bonds. The van der Waals surface area contributed by atoms with Gasteiger partial charge in [0.1, 0.15) is 22.8 Å². The molecule has 0 aliphatic rings. The minimum Gasteiger partial charge on any atom is -0.497 e. The molecule has 0 aliphatic heterocycles. The zero-order valence-electron chi connectivity index (χ0n) is 11.6. The summed E-state index contributed by atoms with van der Waals surface area (Å²) in [6.07, 6.45) is 0.569. The number of aliphatic hydroxyl groups excluding tert-OH is 1. The Balaban J connectivity index is 2.26. The third-order valence-electron chi connectivity index (χ3n) is 2.97. The molecule has 0 aromatic heterocycles. The van der Waals surface area contributed by atoms with Gasteiger partial charge < -0.3 is 19.7 Å². The van der Waals surface area contributed by atoms with Crippen molar-refractivity contribution in [2.24, 2.45) is 0 Å². The van der Waals surface area contributed by atoms with Crippen molar-refractivity contribution in [2.45, 2.75) is 6.42 Å². The van der Waals surface area contributed by atoms with E-state index in [1.54, 1.807) is 18.2 Å². The fourth-order valence-electron chi connectivity index (χ4n) is 1.87. The summed E-state index contributed by atoms with van der Waals surface area (Å²) in [4.78, 5) is 11.2. The van der Waals surface area contributed by atoms with Gasteiger partial charge in [0.25, 0.3) is 0 Å². The van der Waals surface area contributed by atoms with E-state index in [1.807, 2.05) is 12.1 Å². The number of carboxylic acids is 1. The number of benzene rings is 2. The van der Waals surface area contributed by atoms with E-state index in [9.17, 15) is 9.90 Å². The first kappa shape index (κ1) is 14.9. The van der Waals surface area contributed by atoms with Crippen LogP contribution in [-0.2, 0) is 6.42 Å². The van der Waals surface area contributed by atoms with Crippen LogP contribution in [0, 0.1) is 0 Å². The monoisotopic (exact) mass is 288 g/mol. The number of hydrogen-bond acceptors (Lipinski definition) is 4. The normalized spacial score (nSPS) is 10.2. The summed E-state index contributed by atoms with van der Waals surface area (Å²) in [6, 6.07) is 11.7. The van der Waals surface area contributed by atoms with Crippen LogP contribution >= 0.6 is 0 Å². The molecule has 2 aromatic carbocycles. The Morgan fingerprint density at radius 3 is 2.33 bits per heavy atom. The number of rotatable bonds is 6. The Kier molecular flexibility index (Phi) is 4.79. The Bertz CT molecular complexity index is 619. The van der Waals surface area contributed by atoms with Crippen molar-refractivity contribution in [2.75, 3.05) is 13.7 Å². The molecule has 0 bridgehead atoms. The second kappa shape index (κ2) is 6.76. The second-order valence-corrected chi connectivity index (χ2v) is 4.39. The lowest BCUT2D eigenvalue weighted by atomic mass is 10.1. The molecule has 5 heteroatoms. The van der Waals surface area contributed by atoms with E-state index in [2.05, 4.69) is 0 Å². The third kappa shape index (κ3) is 3.73. The number of aromatic carboxylic acids is 1. The SMILES string of the molecule is COc1ccc(C(=O)O)c(Oc2ccc(CCO)cc2)c1. The van der Waals surface area contributed by atoms with Crippen molar-refractivity contribution in [3.63, 3.8) is 0 Å². The van der Waals surface area contributed by atoms with Gasteiger partial charge in [0.15, 0.2) is 0 Å². The van der Waals surface area contributed by atoms with Gasteiger partial charge in [-0.2, -0.15) is 0 Å². The van der Waals surface area contributed by atoms with E-state index in [-0.39, 0.29) is 17.9 Å². The van der Waals surface area contributed by atoms with E-state index in [1.165, 1.54) is 19.2 Å². The van der Waals surface area contributed by atoms with Gasteiger partial charge in [0.2, 0.25) is 0 Å². The zero-order chi connectivity index (χ0) is 15.2. The first-order chi connectivity index (χ1) is 10.1. The topological polar surface area (TPSA) is 76.0 Å². The summed E-state index contributed by atoms with van der Waals surface area (Å²) in [5, 5.41) is 18.0. The van der Waals surface area contributed by atoms with Crippen molar-refractivity contribution in [3.05, 3.63) is 53.6 Å². The standard InChI is InChI=1S/C16H16O5/c1-20-13-6-7-14(16(18)19)15(10-13)21-12-4-2-11(3-5-12)8-9-17/h2-7,10,17H,8-9H2,1H3,(H,18,19). The highest BCUT2D eigenvalue weighted by Crippen LogP contribution is 2.29. The van der Waals surface area contributed by atoms with E-state index < -0.39 is 5.97 Å². The van der Waals surface area contributed by atoms with Crippen LogP contribution in [0.2, 0.25) is 0 Å². The van der Waals surface area contributed by atoms with Gasteiger partial charge >= 0.3 is 5.97 Å². The molecule has 0 aliphatic carbocycles. The van der Waals surface area contributed by atoms with Gasteiger partial charge in [0.05, 0.1) is 7.11 Å². The molecule has 110 valence electrons. The summed E-state index contributed by atoms with van der Waals surface area (Å²) in [6.45, 7) is 0.0826. The molecule has 2 aromatic rings. The molecule has 0 unspecified atom stereocenters. The van der Waals surface area contributed by atoms with Crippen LogP contribution in [0.3, 0.4) is 0 Å². The lowest BCUT2D eigenvalue weighted by Gasteiger charge is -2.11. The quantitative estimate of drug-likeness (QED) is 0.854. The third-order valence-corrected chi connectivity index (χ3v) is 2.97. The van der Waals surface area contributed by atoms with Crippen LogP contribution in [0.1, 0.15) is 15.9 Å². The molecule has 5 nitrogen and oxygen atoms in total.